The number of hydrogen-bond acceptors (Lipinski definition) is 6. The molecule has 5 nitrogen and oxygen atoms in total. The number of furan rings is 1. The second kappa shape index (κ2) is 6.78. The first-order chi connectivity index (χ1) is 11.8. The van der Waals surface area contributed by atoms with Crippen molar-refractivity contribution in [3.05, 3.63) is 59.0 Å². The van der Waals surface area contributed by atoms with Crippen molar-refractivity contribution in [3.8, 4) is 0 Å². The summed E-state index contributed by atoms with van der Waals surface area (Å²) in [4.78, 5) is 13.6. The Morgan fingerprint density at radius 1 is 1.25 bits per heavy atom. The second-order valence-electron chi connectivity index (χ2n) is 5.55. The minimum absolute atomic E-state index is 0.276. The van der Waals surface area contributed by atoms with E-state index in [0.717, 1.165) is 15.5 Å². The Bertz CT molecular complexity index is 840. The van der Waals surface area contributed by atoms with Gasteiger partial charge in [0.1, 0.15) is 5.01 Å². The summed E-state index contributed by atoms with van der Waals surface area (Å²) in [5, 5.41) is 12.5. The van der Waals surface area contributed by atoms with Gasteiger partial charge < -0.3 is 4.42 Å². The molecule has 3 aromatic rings. The lowest BCUT2D eigenvalue weighted by molar-refractivity contribution is 0.0995. The highest BCUT2D eigenvalue weighted by molar-refractivity contribution is 7.98. The summed E-state index contributed by atoms with van der Waals surface area (Å²) in [5.74, 6) is 1.27. The van der Waals surface area contributed by atoms with E-state index >= 15 is 0 Å². The number of aromatic nitrogens is 2. The molecular formula is C17H15N3O2S2. The molecule has 7 heteroatoms. The van der Waals surface area contributed by atoms with Gasteiger partial charge in [0.25, 0.3) is 5.91 Å². The van der Waals surface area contributed by atoms with E-state index in [1.54, 1.807) is 18.0 Å². The summed E-state index contributed by atoms with van der Waals surface area (Å²) in [7, 11) is 0. The lowest BCUT2D eigenvalue weighted by Crippen LogP contribution is -2.12. The maximum atomic E-state index is 12.4. The van der Waals surface area contributed by atoms with E-state index in [4.69, 9.17) is 4.42 Å². The van der Waals surface area contributed by atoms with Crippen molar-refractivity contribution in [1.82, 2.24) is 10.2 Å². The zero-order chi connectivity index (χ0) is 16.4. The average molecular weight is 357 g/mol. The average Bonchev–Trinajstić information content (AvgIpc) is 3.17. The van der Waals surface area contributed by atoms with Crippen LogP contribution in [-0.4, -0.2) is 16.1 Å². The number of carbonyl (C=O) groups excluding carboxylic acids is 1. The van der Waals surface area contributed by atoms with E-state index in [1.165, 1.54) is 24.2 Å². The number of anilines is 1. The molecule has 0 aliphatic heterocycles. The van der Waals surface area contributed by atoms with Crippen LogP contribution in [0, 0.1) is 0 Å². The van der Waals surface area contributed by atoms with E-state index in [-0.39, 0.29) is 5.91 Å². The van der Waals surface area contributed by atoms with Crippen molar-refractivity contribution in [2.45, 2.75) is 29.4 Å². The number of nitrogens with zero attached hydrogens (tertiary/aromatic N) is 2. The van der Waals surface area contributed by atoms with Crippen LogP contribution in [-0.2, 0) is 5.75 Å². The molecule has 1 aliphatic rings. The first-order valence-electron chi connectivity index (χ1n) is 7.68. The van der Waals surface area contributed by atoms with Gasteiger partial charge in [-0.05, 0) is 31.0 Å². The maximum absolute atomic E-state index is 12.4. The monoisotopic (exact) mass is 357 g/mol. The van der Waals surface area contributed by atoms with Crippen LogP contribution in [0.25, 0.3) is 0 Å². The van der Waals surface area contributed by atoms with Crippen molar-refractivity contribution < 1.29 is 9.21 Å². The summed E-state index contributed by atoms with van der Waals surface area (Å²) in [6.45, 7) is 0. The van der Waals surface area contributed by atoms with Gasteiger partial charge in [0.15, 0.2) is 5.76 Å². The molecule has 1 aromatic carbocycles. The molecule has 0 spiro atoms. The van der Waals surface area contributed by atoms with E-state index < -0.39 is 0 Å². The van der Waals surface area contributed by atoms with Crippen LogP contribution in [0.4, 0.5) is 5.13 Å². The third-order valence-electron chi connectivity index (χ3n) is 3.68. The number of carbonyl (C=O) groups is 1. The molecule has 0 radical (unpaired) electrons. The summed E-state index contributed by atoms with van der Waals surface area (Å²) < 4.78 is 5.38. The Morgan fingerprint density at radius 3 is 2.88 bits per heavy atom. The van der Waals surface area contributed by atoms with Gasteiger partial charge in [-0.25, -0.2) is 0 Å². The van der Waals surface area contributed by atoms with Crippen LogP contribution in [0.15, 0.2) is 52.0 Å². The number of rotatable bonds is 6. The largest absolute Gasteiger partial charge is 0.459 e. The Morgan fingerprint density at radius 2 is 2.08 bits per heavy atom. The Kier molecular flexibility index (Phi) is 4.36. The van der Waals surface area contributed by atoms with Gasteiger partial charge in [0.2, 0.25) is 5.13 Å². The zero-order valence-electron chi connectivity index (χ0n) is 12.8. The molecular weight excluding hydrogens is 342 g/mol. The standard InChI is InChI=1S/C17H15N3O2S2/c21-15(18-17-20-19-16(24-17)11-6-7-11)14-12(8-9-22-14)10-23-13-4-2-1-3-5-13/h1-5,8-9,11H,6-7,10H2,(H,18,20,21). The Balaban J connectivity index is 1.41. The number of benzene rings is 1. The van der Waals surface area contributed by atoms with E-state index in [1.807, 2.05) is 36.4 Å². The molecule has 0 unspecified atom stereocenters. The molecule has 1 saturated carbocycles. The lowest BCUT2D eigenvalue weighted by atomic mass is 10.3. The highest BCUT2D eigenvalue weighted by Gasteiger charge is 2.28. The van der Waals surface area contributed by atoms with Crippen molar-refractivity contribution in [2.75, 3.05) is 5.32 Å². The minimum Gasteiger partial charge on any atom is -0.459 e. The molecule has 1 fully saturated rings. The Hall–Kier alpha value is -2.12. The fourth-order valence-electron chi connectivity index (χ4n) is 2.26. The third-order valence-corrected chi connectivity index (χ3v) is 5.74. The molecule has 24 heavy (non-hydrogen) atoms. The summed E-state index contributed by atoms with van der Waals surface area (Å²) in [5.41, 5.74) is 0.869. The molecule has 1 aliphatic carbocycles. The van der Waals surface area contributed by atoms with E-state index in [0.29, 0.717) is 22.6 Å². The maximum Gasteiger partial charge on any atom is 0.293 e. The Labute approximate surface area is 147 Å². The third kappa shape index (κ3) is 3.52. The first kappa shape index (κ1) is 15.4. The van der Waals surface area contributed by atoms with Gasteiger partial charge in [-0.2, -0.15) is 0 Å². The highest BCUT2D eigenvalue weighted by atomic mass is 32.2. The molecule has 4 rings (SSSR count). The van der Waals surface area contributed by atoms with Gasteiger partial charge in [0.05, 0.1) is 6.26 Å². The smallest absolute Gasteiger partial charge is 0.293 e. The quantitative estimate of drug-likeness (QED) is 0.655. The fraction of sp³-hybridized carbons (Fsp3) is 0.235. The lowest BCUT2D eigenvalue weighted by Gasteiger charge is -2.03. The van der Waals surface area contributed by atoms with E-state index in [2.05, 4.69) is 15.5 Å². The molecule has 0 atom stereocenters. The normalized spacial score (nSPS) is 13.8. The van der Waals surface area contributed by atoms with Crippen molar-refractivity contribution in [2.24, 2.45) is 0 Å². The van der Waals surface area contributed by atoms with Crippen molar-refractivity contribution in [3.63, 3.8) is 0 Å². The first-order valence-corrected chi connectivity index (χ1v) is 9.49. The molecule has 1 N–H and O–H groups in total. The molecule has 1 amide bonds. The zero-order valence-corrected chi connectivity index (χ0v) is 14.4. The number of nitrogens with one attached hydrogen (secondary N) is 1. The van der Waals surface area contributed by atoms with Crippen LogP contribution in [0.5, 0.6) is 0 Å². The van der Waals surface area contributed by atoms with Crippen LogP contribution in [0.2, 0.25) is 0 Å². The van der Waals surface area contributed by atoms with Crippen molar-refractivity contribution >= 4 is 34.1 Å². The van der Waals surface area contributed by atoms with Crippen LogP contribution in [0.1, 0.15) is 39.9 Å². The minimum atomic E-state index is -0.276. The summed E-state index contributed by atoms with van der Waals surface area (Å²) in [6, 6.07) is 11.9. The number of hydrogen-bond donors (Lipinski definition) is 1. The molecule has 0 saturated heterocycles. The van der Waals surface area contributed by atoms with Crippen LogP contribution in [0.3, 0.4) is 0 Å². The predicted molar refractivity (Wildman–Crippen MR) is 94.5 cm³/mol. The molecule has 2 heterocycles. The highest BCUT2D eigenvalue weighted by Crippen LogP contribution is 2.42. The topological polar surface area (TPSA) is 68.0 Å². The van der Waals surface area contributed by atoms with Gasteiger partial charge >= 0.3 is 0 Å². The van der Waals surface area contributed by atoms with Gasteiger partial charge in [-0.3, -0.25) is 10.1 Å². The van der Waals surface area contributed by atoms with E-state index in [9.17, 15) is 4.79 Å². The molecule has 122 valence electrons. The molecule has 2 aromatic heterocycles. The second-order valence-corrected chi connectivity index (χ2v) is 7.61. The van der Waals surface area contributed by atoms with Crippen molar-refractivity contribution in [1.29, 1.82) is 0 Å². The van der Waals surface area contributed by atoms with Crippen LogP contribution >= 0.6 is 23.1 Å². The van der Waals surface area contributed by atoms with Gasteiger partial charge in [-0.15, -0.1) is 22.0 Å². The van der Waals surface area contributed by atoms with Gasteiger partial charge in [0, 0.05) is 22.1 Å². The summed E-state index contributed by atoms with van der Waals surface area (Å²) >= 11 is 3.11. The van der Waals surface area contributed by atoms with Crippen LogP contribution < -0.4 is 5.32 Å². The SMILES string of the molecule is O=C(Nc1nnc(C2CC2)s1)c1occc1CSc1ccccc1. The fourth-order valence-corrected chi connectivity index (χ4v) is 4.07. The predicted octanol–water partition coefficient (Wildman–Crippen LogP) is 4.55. The summed E-state index contributed by atoms with van der Waals surface area (Å²) in [6.07, 6.45) is 3.88. The molecule has 0 bridgehead atoms. The number of thioether (sulfide) groups is 1. The van der Waals surface area contributed by atoms with Gasteiger partial charge in [-0.1, -0.05) is 29.5 Å². The number of amides is 1.